The number of carbonyl (C=O) groups excluding carboxylic acids is 2. The Balaban J connectivity index is 1.73. The number of halogens is 4. The van der Waals surface area contributed by atoms with Crippen LogP contribution in [0.2, 0.25) is 0 Å². The maximum Gasteiger partial charge on any atom is 0.256 e. The van der Waals surface area contributed by atoms with Crippen LogP contribution in [0, 0.1) is 5.82 Å². The first-order valence-electron chi connectivity index (χ1n) is 8.18. The van der Waals surface area contributed by atoms with Crippen molar-refractivity contribution >= 4 is 27.7 Å². The fraction of sp³-hybridized carbons (Fsp3) is 0.529. The number of rotatable bonds is 5. The summed E-state index contributed by atoms with van der Waals surface area (Å²) in [6.07, 6.45) is -0.00699. The van der Waals surface area contributed by atoms with Gasteiger partial charge in [0.25, 0.3) is 11.8 Å². The highest BCUT2D eigenvalue weighted by molar-refractivity contribution is 9.10. The Kier molecular flexibility index (Phi) is 5.04. The van der Waals surface area contributed by atoms with Crippen LogP contribution in [0.1, 0.15) is 41.1 Å². The van der Waals surface area contributed by atoms with Gasteiger partial charge in [0.2, 0.25) is 5.91 Å². The van der Waals surface area contributed by atoms with Gasteiger partial charge in [-0.05, 0) is 40.9 Å². The van der Waals surface area contributed by atoms with Gasteiger partial charge < -0.3 is 15.3 Å². The first-order valence-corrected chi connectivity index (χ1v) is 8.98. The minimum Gasteiger partial charge on any atom is -0.393 e. The van der Waals surface area contributed by atoms with E-state index in [4.69, 9.17) is 0 Å². The van der Waals surface area contributed by atoms with Gasteiger partial charge in [0.15, 0.2) is 0 Å². The van der Waals surface area contributed by atoms with Crippen molar-refractivity contribution in [3.8, 4) is 0 Å². The van der Waals surface area contributed by atoms with Crippen molar-refractivity contribution < 1.29 is 27.9 Å². The van der Waals surface area contributed by atoms with E-state index in [1.54, 1.807) is 0 Å². The minimum absolute atomic E-state index is 0.00990. The molecule has 5 nitrogen and oxygen atoms in total. The predicted molar refractivity (Wildman–Crippen MR) is 90.5 cm³/mol. The lowest BCUT2D eigenvalue weighted by Crippen LogP contribution is -2.49. The maximum absolute atomic E-state index is 14.4. The molecule has 2 fully saturated rings. The molecule has 2 saturated carbocycles. The molecule has 26 heavy (non-hydrogen) atoms. The van der Waals surface area contributed by atoms with Crippen molar-refractivity contribution in [2.45, 2.75) is 43.2 Å². The second-order valence-corrected chi connectivity index (χ2v) is 7.75. The highest BCUT2D eigenvalue weighted by Gasteiger charge is 2.59. The van der Waals surface area contributed by atoms with E-state index in [0.29, 0.717) is 12.8 Å². The standard InChI is InChI=1S/C17H18BrF3N2O3/c1-23(7-13(25)22-8-4-9(24)5-8)16(26)10-2-3-12(18)15(19)14(10)11-6-17(11,20)21/h2-3,8-9,11,24H,4-7H2,1H3,(H,22,25). The van der Waals surface area contributed by atoms with Crippen LogP contribution < -0.4 is 5.32 Å². The van der Waals surface area contributed by atoms with Gasteiger partial charge in [0.1, 0.15) is 5.82 Å². The molecule has 0 heterocycles. The van der Waals surface area contributed by atoms with Crippen molar-refractivity contribution in [2.75, 3.05) is 13.6 Å². The molecule has 0 saturated heterocycles. The van der Waals surface area contributed by atoms with Crippen LogP contribution >= 0.6 is 15.9 Å². The molecule has 9 heteroatoms. The van der Waals surface area contributed by atoms with Crippen LogP contribution in [0.15, 0.2) is 16.6 Å². The van der Waals surface area contributed by atoms with E-state index < -0.39 is 42.0 Å². The number of nitrogens with one attached hydrogen (secondary N) is 1. The molecule has 0 aromatic heterocycles. The number of hydrogen-bond acceptors (Lipinski definition) is 3. The first-order chi connectivity index (χ1) is 12.1. The highest BCUT2D eigenvalue weighted by atomic mass is 79.9. The molecule has 1 aromatic carbocycles. The molecule has 0 radical (unpaired) electrons. The molecular formula is C17H18BrF3N2O3. The van der Waals surface area contributed by atoms with E-state index in [2.05, 4.69) is 21.2 Å². The second kappa shape index (κ2) is 6.84. The number of aliphatic hydroxyl groups excluding tert-OH is 1. The van der Waals surface area contributed by atoms with Gasteiger partial charge in [-0.3, -0.25) is 9.59 Å². The van der Waals surface area contributed by atoms with Gasteiger partial charge in [0, 0.05) is 30.6 Å². The van der Waals surface area contributed by atoms with Gasteiger partial charge >= 0.3 is 0 Å². The first kappa shape index (κ1) is 19.2. The Hall–Kier alpha value is -1.61. The summed E-state index contributed by atoms with van der Waals surface area (Å²) in [7, 11) is 1.35. The van der Waals surface area contributed by atoms with E-state index in [9.17, 15) is 27.9 Å². The van der Waals surface area contributed by atoms with Gasteiger partial charge in [-0.25, -0.2) is 13.2 Å². The molecule has 0 bridgehead atoms. The molecule has 142 valence electrons. The van der Waals surface area contributed by atoms with Crippen LogP contribution in [0.25, 0.3) is 0 Å². The monoisotopic (exact) mass is 434 g/mol. The summed E-state index contributed by atoms with van der Waals surface area (Å²) in [5.74, 6) is -6.36. The Morgan fingerprint density at radius 3 is 2.54 bits per heavy atom. The molecule has 2 N–H and O–H groups in total. The zero-order valence-corrected chi connectivity index (χ0v) is 15.5. The number of carbonyl (C=O) groups is 2. The largest absolute Gasteiger partial charge is 0.393 e. The lowest BCUT2D eigenvalue weighted by molar-refractivity contribution is -0.123. The topological polar surface area (TPSA) is 69.6 Å². The summed E-state index contributed by atoms with van der Waals surface area (Å²) in [5, 5.41) is 11.9. The quantitative estimate of drug-likeness (QED) is 0.747. The normalized spacial score (nSPS) is 26.0. The average Bonchev–Trinajstić information content (AvgIpc) is 3.15. The third-order valence-corrected chi connectivity index (χ3v) is 5.36. The molecule has 2 aliphatic carbocycles. The van der Waals surface area contributed by atoms with Crippen LogP contribution in [0.5, 0.6) is 0 Å². The number of likely N-dealkylation sites (N-methyl/N-ethyl adjacent to an activating group) is 1. The molecule has 1 atom stereocenters. The van der Waals surface area contributed by atoms with Crippen molar-refractivity contribution in [3.63, 3.8) is 0 Å². The van der Waals surface area contributed by atoms with E-state index >= 15 is 0 Å². The fourth-order valence-electron chi connectivity index (χ4n) is 3.09. The van der Waals surface area contributed by atoms with E-state index in [0.717, 1.165) is 4.90 Å². The number of hydrogen-bond donors (Lipinski definition) is 2. The summed E-state index contributed by atoms with van der Waals surface area (Å²) in [4.78, 5) is 25.6. The zero-order chi connectivity index (χ0) is 19.2. The summed E-state index contributed by atoms with van der Waals surface area (Å²) >= 11 is 2.96. The molecule has 1 aromatic rings. The van der Waals surface area contributed by atoms with Crippen LogP contribution in [0.3, 0.4) is 0 Å². The summed E-state index contributed by atoms with van der Waals surface area (Å²) < 4.78 is 41.4. The molecule has 3 rings (SSSR count). The molecule has 0 spiro atoms. The SMILES string of the molecule is CN(CC(=O)NC1CC(O)C1)C(=O)c1ccc(Br)c(F)c1C1CC1(F)F. The second-order valence-electron chi connectivity index (χ2n) is 6.89. The number of alkyl halides is 2. The Labute approximate surface area is 156 Å². The highest BCUT2D eigenvalue weighted by Crippen LogP contribution is 2.57. The van der Waals surface area contributed by atoms with Crippen molar-refractivity contribution in [2.24, 2.45) is 0 Å². The lowest BCUT2D eigenvalue weighted by atomic mass is 9.89. The molecule has 2 amide bonds. The van der Waals surface area contributed by atoms with Crippen LogP contribution in [-0.4, -0.2) is 53.5 Å². The van der Waals surface area contributed by atoms with Crippen LogP contribution in [-0.2, 0) is 4.79 Å². The van der Waals surface area contributed by atoms with E-state index in [1.165, 1.54) is 19.2 Å². The lowest BCUT2D eigenvalue weighted by Gasteiger charge is -2.32. The molecular weight excluding hydrogens is 417 g/mol. The molecule has 1 unspecified atom stereocenters. The van der Waals surface area contributed by atoms with Crippen molar-refractivity contribution in [3.05, 3.63) is 33.5 Å². The van der Waals surface area contributed by atoms with Gasteiger partial charge in [-0.15, -0.1) is 0 Å². The van der Waals surface area contributed by atoms with Crippen molar-refractivity contribution in [1.82, 2.24) is 10.2 Å². The predicted octanol–water partition coefficient (Wildman–Crippen LogP) is 2.42. The third kappa shape index (κ3) is 3.73. The van der Waals surface area contributed by atoms with E-state index in [1.807, 2.05) is 0 Å². The van der Waals surface area contributed by atoms with Gasteiger partial charge in [-0.1, -0.05) is 0 Å². The van der Waals surface area contributed by atoms with Crippen LogP contribution in [0.4, 0.5) is 13.2 Å². The minimum atomic E-state index is -3.03. The Morgan fingerprint density at radius 1 is 1.38 bits per heavy atom. The zero-order valence-electron chi connectivity index (χ0n) is 13.9. The maximum atomic E-state index is 14.4. The Bertz CT molecular complexity index is 753. The van der Waals surface area contributed by atoms with Crippen molar-refractivity contribution in [1.29, 1.82) is 0 Å². The van der Waals surface area contributed by atoms with Gasteiger partial charge in [-0.2, -0.15) is 0 Å². The van der Waals surface area contributed by atoms with E-state index in [-0.39, 0.29) is 28.2 Å². The third-order valence-electron chi connectivity index (χ3n) is 4.74. The average molecular weight is 435 g/mol. The number of nitrogens with zero attached hydrogens (tertiary/aromatic N) is 1. The number of aliphatic hydroxyl groups is 1. The molecule has 0 aliphatic heterocycles. The summed E-state index contributed by atoms with van der Waals surface area (Å²) in [5.41, 5.74) is -0.481. The Morgan fingerprint density at radius 2 is 2.00 bits per heavy atom. The fourth-order valence-corrected chi connectivity index (χ4v) is 3.44. The number of amides is 2. The van der Waals surface area contributed by atoms with Gasteiger partial charge in [0.05, 0.1) is 23.0 Å². The summed E-state index contributed by atoms with van der Waals surface area (Å²) in [6.45, 7) is -0.288. The smallest absolute Gasteiger partial charge is 0.256 e. The molecule has 2 aliphatic rings. The summed E-state index contributed by atoms with van der Waals surface area (Å²) in [6, 6.07) is 2.44. The number of benzene rings is 1.